The number of methoxy groups -OCH3 is 3. The Balaban J connectivity index is 1.50. The van der Waals surface area contributed by atoms with Gasteiger partial charge in [0.2, 0.25) is 33.0 Å². The Morgan fingerprint density at radius 3 is 2.29 bits per heavy atom. The monoisotopic (exact) mass is 724 g/mol. The van der Waals surface area contributed by atoms with E-state index in [9.17, 15) is 22.8 Å². The highest BCUT2D eigenvalue weighted by atomic mass is 32.2. The lowest BCUT2D eigenvalue weighted by Crippen LogP contribution is -2.55. The number of piperazine rings is 1. The molecule has 2 aromatic carbocycles. The van der Waals surface area contributed by atoms with Crippen LogP contribution >= 0.6 is 0 Å². The van der Waals surface area contributed by atoms with Crippen molar-refractivity contribution in [3.63, 3.8) is 0 Å². The summed E-state index contributed by atoms with van der Waals surface area (Å²) in [5, 5.41) is 13.1. The Morgan fingerprint density at radius 2 is 1.73 bits per heavy atom. The largest absolute Gasteiger partial charge is 0.493 e. The van der Waals surface area contributed by atoms with E-state index in [0.717, 1.165) is 11.1 Å². The molecular weight excluding hydrogens is 676 g/mol. The number of hydrogen-bond donors (Lipinski definition) is 3. The smallest absolute Gasteiger partial charge is 0.246 e. The van der Waals surface area contributed by atoms with Crippen LogP contribution in [0.2, 0.25) is 0 Å². The van der Waals surface area contributed by atoms with E-state index in [2.05, 4.69) is 20.8 Å². The maximum atomic E-state index is 14.1. The lowest BCUT2D eigenvalue weighted by atomic mass is 9.95. The molecule has 5 rings (SSSR count). The summed E-state index contributed by atoms with van der Waals surface area (Å²) in [5.41, 5.74) is 3.65. The predicted molar refractivity (Wildman–Crippen MR) is 193 cm³/mol. The minimum Gasteiger partial charge on any atom is -0.493 e. The number of aromatic nitrogens is 2. The molecule has 14 nitrogen and oxygen atoms in total. The predicted octanol–water partition coefficient (Wildman–Crippen LogP) is 3.56. The molecule has 0 saturated carbocycles. The molecule has 0 unspecified atom stereocenters. The number of H-pyrrole nitrogens is 1. The minimum absolute atomic E-state index is 0.130. The number of carbonyl (C=O) groups excluding carboxylic acids is 2. The second-order valence-electron chi connectivity index (χ2n) is 13.1. The Labute approximate surface area is 298 Å². The number of ether oxygens (including phenoxy) is 3. The number of sulfonamides is 1. The number of nitrogens with zero attached hydrogens (tertiary/aromatic N) is 3. The molecule has 276 valence electrons. The van der Waals surface area contributed by atoms with Gasteiger partial charge in [0.15, 0.2) is 11.5 Å². The van der Waals surface area contributed by atoms with Crippen LogP contribution in [0.3, 0.4) is 0 Å². The fourth-order valence-electron chi connectivity index (χ4n) is 7.07. The van der Waals surface area contributed by atoms with Crippen LogP contribution in [-0.4, -0.2) is 93.2 Å². The number of benzene rings is 1. The maximum Gasteiger partial charge on any atom is 0.246 e. The van der Waals surface area contributed by atoms with Gasteiger partial charge >= 0.3 is 0 Å². The van der Waals surface area contributed by atoms with E-state index in [4.69, 9.17) is 14.2 Å². The van der Waals surface area contributed by atoms with Crippen molar-refractivity contribution in [1.82, 2.24) is 24.7 Å². The third-order valence-electron chi connectivity index (χ3n) is 9.91. The normalized spacial score (nSPS) is 17.3. The number of fused-ring (bicyclic) bond motifs is 3. The molecule has 0 radical (unpaired) electrons. The SMILES string of the molecule is CC[C@@H](C)[C@H](Nc1ccc2c(cc1=O)[C@@H](NC(C)=O)CCc1cc(OC)c(OC)c(OC)c1-2)C(=O)N1CCN(S(=O)(=O)c2c(C)n[nH]c2C)CC1. The van der Waals surface area contributed by atoms with Crippen molar-refractivity contribution in [3.05, 3.63) is 57.0 Å². The van der Waals surface area contributed by atoms with Crippen LogP contribution < -0.4 is 30.3 Å². The van der Waals surface area contributed by atoms with Crippen molar-refractivity contribution in [1.29, 1.82) is 0 Å². The fourth-order valence-corrected chi connectivity index (χ4v) is 8.83. The summed E-state index contributed by atoms with van der Waals surface area (Å²) in [5.74, 6) is 0.728. The summed E-state index contributed by atoms with van der Waals surface area (Å²) in [6.07, 6.45) is 1.73. The molecule has 0 bridgehead atoms. The minimum atomic E-state index is -3.80. The summed E-state index contributed by atoms with van der Waals surface area (Å²) in [4.78, 5) is 42.3. The van der Waals surface area contributed by atoms with Gasteiger partial charge in [0.05, 0.1) is 44.4 Å². The average Bonchev–Trinajstić information content (AvgIpc) is 3.29. The van der Waals surface area contributed by atoms with Crippen molar-refractivity contribution in [2.45, 2.75) is 70.9 Å². The first kappa shape index (κ1) is 37.6. The first-order valence-corrected chi connectivity index (χ1v) is 18.6. The Kier molecular flexibility index (Phi) is 11.3. The van der Waals surface area contributed by atoms with Gasteiger partial charge < -0.3 is 29.7 Å². The molecule has 1 aliphatic carbocycles. The Hall–Kier alpha value is -4.63. The van der Waals surface area contributed by atoms with Gasteiger partial charge in [-0.05, 0) is 67.5 Å². The van der Waals surface area contributed by atoms with Gasteiger partial charge in [0, 0.05) is 38.7 Å². The lowest BCUT2D eigenvalue weighted by Gasteiger charge is -2.37. The highest BCUT2D eigenvalue weighted by Gasteiger charge is 2.36. The first-order valence-electron chi connectivity index (χ1n) is 17.1. The van der Waals surface area contributed by atoms with Crippen molar-refractivity contribution in [3.8, 4) is 28.4 Å². The fraction of sp³-hybridized carbons (Fsp3) is 0.500. The summed E-state index contributed by atoms with van der Waals surface area (Å²) < 4.78 is 45.4. The van der Waals surface area contributed by atoms with Crippen LogP contribution in [0.15, 0.2) is 34.0 Å². The second-order valence-corrected chi connectivity index (χ2v) is 15.0. The molecular formula is C36H48N6O8S. The highest BCUT2D eigenvalue weighted by Crippen LogP contribution is 2.50. The molecule has 3 atom stereocenters. The third-order valence-corrected chi connectivity index (χ3v) is 12.1. The highest BCUT2D eigenvalue weighted by molar-refractivity contribution is 7.89. The number of aryl methyl sites for hydroxylation is 3. The van der Waals surface area contributed by atoms with Gasteiger partial charge in [-0.15, -0.1) is 0 Å². The summed E-state index contributed by atoms with van der Waals surface area (Å²) in [6.45, 7) is 9.33. The quantitative estimate of drug-likeness (QED) is 0.266. The number of hydrogen-bond acceptors (Lipinski definition) is 10. The van der Waals surface area contributed by atoms with E-state index in [1.165, 1.54) is 24.4 Å². The topological polar surface area (TPSA) is 172 Å². The van der Waals surface area contributed by atoms with Gasteiger partial charge in [-0.3, -0.25) is 19.5 Å². The van der Waals surface area contributed by atoms with E-state index >= 15 is 0 Å². The number of anilines is 1. The Bertz CT molecular complexity index is 1950. The van der Waals surface area contributed by atoms with Crippen LogP contribution in [0, 0.1) is 19.8 Å². The molecule has 2 aliphatic rings. The molecule has 51 heavy (non-hydrogen) atoms. The Morgan fingerprint density at radius 1 is 1.04 bits per heavy atom. The molecule has 2 heterocycles. The molecule has 3 N–H and O–H groups in total. The van der Waals surface area contributed by atoms with E-state index in [1.54, 1.807) is 39.0 Å². The summed E-state index contributed by atoms with van der Waals surface area (Å²) in [6, 6.07) is 5.65. The zero-order valence-corrected chi connectivity index (χ0v) is 31.3. The van der Waals surface area contributed by atoms with Crippen LogP contribution in [-0.2, 0) is 26.0 Å². The number of nitrogens with one attached hydrogen (secondary N) is 3. The maximum absolute atomic E-state index is 14.1. The van der Waals surface area contributed by atoms with E-state index in [1.807, 2.05) is 26.0 Å². The van der Waals surface area contributed by atoms with Crippen molar-refractivity contribution < 1.29 is 32.2 Å². The van der Waals surface area contributed by atoms with Crippen molar-refractivity contribution >= 4 is 27.5 Å². The van der Waals surface area contributed by atoms with E-state index in [-0.39, 0.29) is 59.9 Å². The van der Waals surface area contributed by atoms with Gasteiger partial charge in [0.25, 0.3) is 0 Å². The lowest BCUT2D eigenvalue weighted by molar-refractivity contribution is -0.134. The molecule has 1 aliphatic heterocycles. The van der Waals surface area contributed by atoms with Gasteiger partial charge in [-0.1, -0.05) is 26.3 Å². The summed E-state index contributed by atoms with van der Waals surface area (Å²) >= 11 is 0. The molecule has 3 aromatic rings. The first-order chi connectivity index (χ1) is 24.3. The molecule has 1 saturated heterocycles. The number of amides is 2. The standard InChI is InChI=1S/C36H48N6O8S/c1-9-20(2)32(36(45)41-14-16-42(17-15-41)51(46,47)35-21(3)39-40-22(35)4)38-28-13-11-25-26(19-29(28)44)27(37-23(5)43)12-10-24-18-30(48-6)33(49-7)34(50-8)31(24)25/h11,13,18-20,27,32H,9-10,12,14-17H2,1-8H3,(H,37,43)(H,38,44)(H,39,40)/t20-,27+,32+/m1/s1. The van der Waals surface area contributed by atoms with Crippen LogP contribution in [0.4, 0.5) is 5.69 Å². The molecule has 1 aromatic heterocycles. The zero-order chi connectivity index (χ0) is 37.2. The molecule has 1 fully saturated rings. The van der Waals surface area contributed by atoms with E-state index < -0.39 is 22.1 Å². The van der Waals surface area contributed by atoms with Crippen LogP contribution in [0.25, 0.3) is 11.1 Å². The van der Waals surface area contributed by atoms with Gasteiger partial charge in [-0.2, -0.15) is 9.40 Å². The summed E-state index contributed by atoms with van der Waals surface area (Å²) in [7, 11) is 0.825. The number of rotatable bonds is 11. The van der Waals surface area contributed by atoms with Crippen LogP contribution in [0.1, 0.15) is 62.2 Å². The molecule has 2 amide bonds. The third kappa shape index (κ3) is 7.27. The van der Waals surface area contributed by atoms with Crippen molar-refractivity contribution in [2.24, 2.45) is 5.92 Å². The second kappa shape index (κ2) is 15.3. The number of carbonyl (C=O) groups is 2. The molecule has 15 heteroatoms. The number of aromatic amines is 1. The van der Waals surface area contributed by atoms with E-state index in [0.29, 0.717) is 59.0 Å². The van der Waals surface area contributed by atoms with Gasteiger partial charge in [-0.25, -0.2) is 8.42 Å². The zero-order valence-electron chi connectivity index (χ0n) is 30.5. The average molecular weight is 725 g/mol. The van der Waals surface area contributed by atoms with Crippen LogP contribution in [0.5, 0.6) is 17.2 Å². The molecule has 0 spiro atoms. The van der Waals surface area contributed by atoms with Crippen molar-refractivity contribution in [2.75, 3.05) is 52.8 Å². The van der Waals surface area contributed by atoms with Gasteiger partial charge in [0.1, 0.15) is 10.9 Å².